The van der Waals surface area contributed by atoms with Gasteiger partial charge in [0.25, 0.3) is 0 Å². The van der Waals surface area contributed by atoms with Gasteiger partial charge in [0.1, 0.15) is 17.8 Å². The van der Waals surface area contributed by atoms with E-state index in [2.05, 4.69) is 15.3 Å². The van der Waals surface area contributed by atoms with Crippen LogP contribution in [0.25, 0.3) is 0 Å². The molecule has 0 radical (unpaired) electrons. The highest BCUT2D eigenvalue weighted by Crippen LogP contribution is 2.25. The average Bonchev–Trinajstić information content (AvgIpc) is 2.53. The summed E-state index contributed by atoms with van der Waals surface area (Å²) in [5, 5.41) is 3.19. The van der Waals surface area contributed by atoms with E-state index in [-0.39, 0.29) is 0 Å². The molecule has 2 aromatic rings. The Morgan fingerprint density at radius 1 is 1.19 bits per heavy atom. The molecular weight excluding hydrogens is 268 g/mol. The molecule has 1 aromatic heterocycles. The number of rotatable bonds is 7. The van der Waals surface area contributed by atoms with Gasteiger partial charge in [0.2, 0.25) is 5.88 Å². The predicted octanol–water partition coefficient (Wildman–Crippen LogP) is 2.47. The number of hydrogen-bond acceptors (Lipinski definition) is 6. The second kappa shape index (κ2) is 7.33. The van der Waals surface area contributed by atoms with Gasteiger partial charge in [0, 0.05) is 6.54 Å². The maximum absolute atomic E-state index is 6.00. The van der Waals surface area contributed by atoms with Crippen LogP contribution in [0.4, 0.5) is 11.5 Å². The van der Waals surface area contributed by atoms with E-state index in [0.29, 0.717) is 30.5 Å². The quantitative estimate of drug-likeness (QED) is 0.814. The summed E-state index contributed by atoms with van der Waals surface area (Å²) >= 11 is 0. The molecule has 0 bridgehead atoms. The zero-order valence-corrected chi connectivity index (χ0v) is 12.3. The van der Waals surface area contributed by atoms with Gasteiger partial charge in [-0.15, -0.1) is 0 Å². The van der Waals surface area contributed by atoms with E-state index in [9.17, 15) is 0 Å². The summed E-state index contributed by atoms with van der Waals surface area (Å²) in [4.78, 5) is 8.18. The van der Waals surface area contributed by atoms with Crippen LogP contribution in [-0.2, 0) is 6.54 Å². The number of nitrogen functional groups attached to an aromatic ring is 1. The van der Waals surface area contributed by atoms with Crippen LogP contribution in [0.5, 0.6) is 11.6 Å². The third-order valence-electron chi connectivity index (χ3n) is 2.91. The fourth-order valence-corrected chi connectivity index (χ4v) is 1.76. The van der Waals surface area contributed by atoms with Gasteiger partial charge in [-0.05, 0) is 24.1 Å². The molecule has 0 unspecified atom stereocenters. The fraction of sp³-hybridized carbons (Fsp3) is 0.333. The standard InChI is InChI=1S/C15H20N4O2/c1-3-8-21-15-13(16)14(18-10-19-15)17-9-11-4-6-12(20-2)7-5-11/h4-7,10H,3,8-9,16H2,1-2H3,(H,17,18,19). The van der Waals surface area contributed by atoms with Gasteiger partial charge < -0.3 is 20.5 Å². The van der Waals surface area contributed by atoms with Crippen LogP contribution in [0.2, 0.25) is 0 Å². The van der Waals surface area contributed by atoms with Crippen molar-refractivity contribution in [3.63, 3.8) is 0 Å². The Labute approximate surface area is 124 Å². The second-order valence-corrected chi connectivity index (χ2v) is 4.49. The van der Waals surface area contributed by atoms with Crippen molar-refractivity contribution in [3.05, 3.63) is 36.2 Å². The fourth-order valence-electron chi connectivity index (χ4n) is 1.76. The molecule has 0 saturated heterocycles. The van der Waals surface area contributed by atoms with Gasteiger partial charge >= 0.3 is 0 Å². The lowest BCUT2D eigenvalue weighted by atomic mass is 10.2. The maximum atomic E-state index is 6.00. The van der Waals surface area contributed by atoms with Crippen molar-refractivity contribution >= 4 is 11.5 Å². The number of benzene rings is 1. The van der Waals surface area contributed by atoms with Crippen molar-refractivity contribution in [3.8, 4) is 11.6 Å². The summed E-state index contributed by atoms with van der Waals surface area (Å²) in [6.07, 6.45) is 2.34. The zero-order valence-electron chi connectivity index (χ0n) is 12.3. The first kappa shape index (κ1) is 14.9. The topological polar surface area (TPSA) is 82.3 Å². The summed E-state index contributed by atoms with van der Waals surface area (Å²) in [5.74, 6) is 1.83. The van der Waals surface area contributed by atoms with E-state index >= 15 is 0 Å². The first-order valence-corrected chi connectivity index (χ1v) is 6.84. The molecule has 0 aliphatic heterocycles. The van der Waals surface area contributed by atoms with Gasteiger partial charge in [-0.3, -0.25) is 0 Å². The lowest BCUT2D eigenvalue weighted by molar-refractivity contribution is 0.306. The SMILES string of the molecule is CCCOc1ncnc(NCc2ccc(OC)cc2)c1N. The van der Waals surface area contributed by atoms with Crippen molar-refractivity contribution in [2.45, 2.75) is 19.9 Å². The number of ether oxygens (including phenoxy) is 2. The molecule has 0 fully saturated rings. The Hall–Kier alpha value is -2.50. The summed E-state index contributed by atoms with van der Waals surface area (Å²) in [6, 6.07) is 7.79. The summed E-state index contributed by atoms with van der Waals surface area (Å²) < 4.78 is 10.6. The van der Waals surface area contributed by atoms with Gasteiger partial charge in [-0.1, -0.05) is 19.1 Å². The van der Waals surface area contributed by atoms with E-state index in [1.807, 2.05) is 31.2 Å². The Balaban J connectivity index is 2.01. The maximum Gasteiger partial charge on any atom is 0.242 e. The van der Waals surface area contributed by atoms with Gasteiger partial charge in [-0.25, -0.2) is 4.98 Å². The molecular formula is C15H20N4O2. The first-order valence-electron chi connectivity index (χ1n) is 6.84. The summed E-state index contributed by atoms with van der Waals surface area (Å²) in [5.41, 5.74) is 7.53. The molecule has 1 heterocycles. The normalized spacial score (nSPS) is 10.2. The number of anilines is 2. The summed E-state index contributed by atoms with van der Waals surface area (Å²) in [6.45, 7) is 3.22. The van der Waals surface area contributed by atoms with Crippen LogP contribution >= 0.6 is 0 Å². The summed E-state index contributed by atoms with van der Waals surface area (Å²) in [7, 11) is 1.65. The van der Waals surface area contributed by atoms with Gasteiger partial charge in [-0.2, -0.15) is 4.98 Å². The third-order valence-corrected chi connectivity index (χ3v) is 2.91. The zero-order chi connectivity index (χ0) is 15.1. The first-order chi connectivity index (χ1) is 10.2. The third kappa shape index (κ3) is 3.98. The number of methoxy groups -OCH3 is 1. The van der Waals surface area contributed by atoms with E-state index in [0.717, 1.165) is 17.7 Å². The smallest absolute Gasteiger partial charge is 0.242 e. The Morgan fingerprint density at radius 2 is 1.95 bits per heavy atom. The van der Waals surface area contributed by atoms with Crippen LogP contribution < -0.4 is 20.5 Å². The Morgan fingerprint density at radius 3 is 2.62 bits per heavy atom. The molecule has 0 aliphatic rings. The highest BCUT2D eigenvalue weighted by molar-refractivity contribution is 5.66. The van der Waals surface area contributed by atoms with Crippen molar-refractivity contribution in [2.75, 3.05) is 24.8 Å². The highest BCUT2D eigenvalue weighted by Gasteiger charge is 2.08. The van der Waals surface area contributed by atoms with Crippen molar-refractivity contribution in [1.29, 1.82) is 0 Å². The van der Waals surface area contributed by atoms with Gasteiger partial charge in [0.05, 0.1) is 13.7 Å². The predicted molar refractivity (Wildman–Crippen MR) is 82.6 cm³/mol. The number of hydrogen-bond donors (Lipinski definition) is 2. The van der Waals surface area contributed by atoms with Crippen molar-refractivity contribution < 1.29 is 9.47 Å². The molecule has 0 saturated carbocycles. The van der Waals surface area contributed by atoms with Crippen LogP contribution in [0.15, 0.2) is 30.6 Å². The lowest BCUT2D eigenvalue weighted by Gasteiger charge is -2.11. The Bertz CT molecular complexity index is 572. The van der Waals surface area contributed by atoms with Gasteiger partial charge in [0.15, 0.2) is 5.82 Å². The molecule has 1 aromatic carbocycles. The van der Waals surface area contributed by atoms with Crippen LogP contribution in [0.3, 0.4) is 0 Å². The molecule has 0 spiro atoms. The lowest BCUT2D eigenvalue weighted by Crippen LogP contribution is -2.08. The van der Waals surface area contributed by atoms with E-state index in [1.54, 1.807) is 7.11 Å². The van der Waals surface area contributed by atoms with Crippen LogP contribution in [0.1, 0.15) is 18.9 Å². The molecule has 2 rings (SSSR count). The van der Waals surface area contributed by atoms with E-state index in [1.165, 1.54) is 6.33 Å². The minimum absolute atomic E-state index is 0.420. The van der Waals surface area contributed by atoms with E-state index in [4.69, 9.17) is 15.2 Å². The van der Waals surface area contributed by atoms with Crippen molar-refractivity contribution in [2.24, 2.45) is 0 Å². The Kier molecular flexibility index (Phi) is 5.20. The molecule has 3 N–H and O–H groups in total. The minimum atomic E-state index is 0.420. The molecule has 6 nitrogen and oxygen atoms in total. The number of nitrogens with zero attached hydrogens (tertiary/aromatic N) is 2. The molecule has 112 valence electrons. The number of nitrogens with one attached hydrogen (secondary N) is 1. The largest absolute Gasteiger partial charge is 0.497 e. The van der Waals surface area contributed by atoms with E-state index < -0.39 is 0 Å². The number of aromatic nitrogens is 2. The molecule has 21 heavy (non-hydrogen) atoms. The monoisotopic (exact) mass is 288 g/mol. The molecule has 0 aliphatic carbocycles. The number of nitrogens with two attached hydrogens (primary N) is 1. The minimum Gasteiger partial charge on any atom is -0.497 e. The highest BCUT2D eigenvalue weighted by atomic mass is 16.5. The molecule has 0 atom stereocenters. The average molecular weight is 288 g/mol. The molecule has 0 amide bonds. The second-order valence-electron chi connectivity index (χ2n) is 4.49. The van der Waals surface area contributed by atoms with Crippen molar-refractivity contribution in [1.82, 2.24) is 9.97 Å². The molecule has 6 heteroatoms. The van der Waals surface area contributed by atoms with Crippen LogP contribution in [0, 0.1) is 0 Å². The van der Waals surface area contributed by atoms with Crippen LogP contribution in [-0.4, -0.2) is 23.7 Å².